The van der Waals surface area contributed by atoms with Gasteiger partial charge in [-0.2, -0.15) is 0 Å². The molecule has 2 N–H and O–H groups in total. The average molecular weight is 480 g/mol. The molecule has 0 spiro atoms. The summed E-state index contributed by atoms with van der Waals surface area (Å²) in [6.45, 7) is 1.33. The standard InChI is InChI=1S/C28H25N5O3/c1-36-23-8-3-6-20(16-23)27-26(19-5-2-7-22(34)15-19)31-24-10-9-21(17-25(24)32-27)28(35)30-11-4-13-33-14-12-29-18-33/h2-3,5-10,12,14-18,34H,4,11,13H2,1H3,(H,30,35). The molecule has 0 fully saturated rings. The first kappa shape index (κ1) is 23.0. The van der Waals surface area contributed by atoms with Crippen molar-refractivity contribution in [2.75, 3.05) is 13.7 Å². The zero-order valence-corrected chi connectivity index (χ0v) is 19.8. The van der Waals surface area contributed by atoms with Gasteiger partial charge in [0.05, 0.1) is 35.9 Å². The third-order valence-corrected chi connectivity index (χ3v) is 5.83. The Morgan fingerprint density at radius 1 is 0.972 bits per heavy atom. The molecular weight excluding hydrogens is 454 g/mol. The molecule has 5 rings (SSSR count). The first-order valence-corrected chi connectivity index (χ1v) is 11.6. The van der Waals surface area contributed by atoms with Crippen LogP contribution in [0.3, 0.4) is 0 Å². The predicted octanol–water partition coefficient (Wildman–Crippen LogP) is 4.69. The van der Waals surface area contributed by atoms with E-state index in [0.717, 1.165) is 24.1 Å². The van der Waals surface area contributed by atoms with Gasteiger partial charge in [0.1, 0.15) is 11.5 Å². The number of nitrogens with zero attached hydrogens (tertiary/aromatic N) is 4. The van der Waals surface area contributed by atoms with E-state index < -0.39 is 0 Å². The second kappa shape index (κ2) is 10.3. The van der Waals surface area contributed by atoms with E-state index in [0.29, 0.717) is 40.3 Å². The number of amides is 1. The maximum atomic E-state index is 12.8. The minimum Gasteiger partial charge on any atom is -0.508 e. The monoisotopic (exact) mass is 479 g/mol. The molecule has 8 heteroatoms. The first-order chi connectivity index (χ1) is 17.6. The number of fused-ring (bicyclic) bond motifs is 1. The summed E-state index contributed by atoms with van der Waals surface area (Å²) in [6.07, 6.45) is 6.19. The van der Waals surface area contributed by atoms with E-state index in [1.807, 2.05) is 41.1 Å². The molecule has 0 radical (unpaired) electrons. The Morgan fingerprint density at radius 2 is 1.75 bits per heavy atom. The summed E-state index contributed by atoms with van der Waals surface area (Å²) in [5.74, 6) is 0.676. The summed E-state index contributed by atoms with van der Waals surface area (Å²) in [4.78, 5) is 26.6. The third-order valence-electron chi connectivity index (χ3n) is 5.83. The van der Waals surface area contributed by atoms with Crippen LogP contribution in [0.2, 0.25) is 0 Å². The minimum atomic E-state index is -0.163. The van der Waals surface area contributed by atoms with Gasteiger partial charge in [0.2, 0.25) is 0 Å². The number of aromatic hydroxyl groups is 1. The second-order valence-corrected chi connectivity index (χ2v) is 8.32. The number of methoxy groups -OCH3 is 1. The number of benzene rings is 3. The van der Waals surface area contributed by atoms with Crippen LogP contribution in [0, 0.1) is 0 Å². The molecule has 3 aromatic carbocycles. The van der Waals surface area contributed by atoms with Gasteiger partial charge in [-0.25, -0.2) is 15.0 Å². The fourth-order valence-electron chi connectivity index (χ4n) is 4.01. The lowest BCUT2D eigenvalue weighted by Gasteiger charge is -2.12. The van der Waals surface area contributed by atoms with E-state index in [-0.39, 0.29) is 11.7 Å². The SMILES string of the molecule is COc1cccc(-c2nc3cc(C(=O)NCCCn4ccnc4)ccc3nc2-c2cccc(O)c2)c1. The third kappa shape index (κ3) is 5.02. The normalized spacial score (nSPS) is 10.9. The fraction of sp³-hybridized carbons (Fsp3) is 0.143. The zero-order chi connectivity index (χ0) is 24.9. The minimum absolute atomic E-state index is 0.144. The van der Waals surface area contributed by atoms with Crippen molar-refractivity contribution < 1.29 is 14.6 Å². The Kier molecular flexibility index (Phi) is 6.57. The number of carbonyl (C=O) groups is 1. The smallest absolute Gasteiger partial charge is 0.251 e. The number of aromatic nitrogens is 4. The van der Waals surface area contributed by atoms with E-state index >= 15 is 0 Å². The molecule has 0 aliphatic rings. The van der Waals surface area contributed by atoms with Crippen LogP contribution in [0.15, 0.2) is 85.5 Å². The van der Waals surface area contributed by atoms with Crippen molar-refractivity contribution in [1.82, 2.24) is 24.8 Å². The molecule has 0 aliphatic carbocycles. The van der Waals surface area contributed by atoms with E-state index in [9.17, 15) is 9.90 Å². The first-order valence-electron chi connectivity index (χ1n) is 11.6. The highest BCUT2D eigenvalue weighted by Crippen LogP contribution is 2.33. The molecule has 0 bridgehead atoms. The molecule has 0 unspecified atom stereocenters. The van der Waals surface area contributed by atoms with Gasteiger partial charge in [-0.15, -0.1) is 0 Å². The van der Waals surface area contributed by atoms with Gasteiger partial charge >= 0.3 is 0 Å². The topological polar surface area (TPSA) is 102 Å². The fourth-order valence-corrected chi connectivity index (χ4v) is 4.01. The molecular formula is C28H25N5O3. The maximum Gasteiger partial charge on any atom is 0.251 e. The number of nitrogens with one attached hydrogen (secondary N) is 1. The highest BCUT2D eigenvalue weighted by atomic mass is 16.5. The Balaban J connectivity index is 1.48. The summed E-state index contributed by atoms with van der Waals surface area (Å²) in [5, 5.41) is 13.0. The molecule has 8 nitrogen and oxygen atoms in total. The lowest BCUT2D eigenvalue weighted by atomic mass is 10.0. The van der Waals surface area contributed by atoms with Gasteiger partial charge in [0.15, 0.2) is 0 Å². The lowest BCUT2D eigenvalue weighted by molar-refractivity contribution is 0.0953. The van der Waals surface area contributed by atoms with Crippen molar-refractivity contribution in [3.8, 4) is 34.0 Å². The summed E-state index contributed by atoms with van der Waals surface area (Å²) >= 11 is 0. The number of hydrogen-bond acceptors (Lipinski definition) is 6. The molecule has 36 heavy (non-hydrogen) atoms. The molecule has 1 amide bonds. The van der Waals surface area contributed by atoms with Gasteiger partial charge in [0, 0.05) is 42.2 Å². The molecule has 180 valence electrons. The van der Waals surface area contributed by atoms with Crippen LogP contribution in [0.1, 0.15) is 16.8 Å². The average Bonchev–Trinajstić information content (AvgIpc) is 3.43. The number of ether oxygens (including phenoxy) is 1. The van der Waals surface area contributed by atoms with E-state index in [4.69, 9.17) is 14.7 Å². The van der Waals surface area contributed by atoms with Crippen LogP contribution >= 0.6 is 0 Å². The van der Waals surface area contributed by atoms with Gasteiger partial charge < -0.3 is 19.7 Å². The van der Waals surface area contributed by atoms with E-state index in [2.05, 4.69) is 10.3 Å². The Morgan fingerprint density at radius 3 is 2.50 bits per heavy atom. The van der Waals surface area contributed by atoms with Crippen molar-refractivity contribution in [2.45, 2.75) is 13.0 Å². The summed E-state index contributed by atoms with van der Waals surface area (Å²) < 4.78 is 7.38. The molecule has 0 aliphatic heterocycles. The van der Waals surface area contributed by atoms with Gasteiger partial charge in [-0.05, 0) is 48.9 Å². The molecule has 5 aromatic rings. The van der Waals surface area contributed by atoms with Crippen LogP contribution in [-0.4, -0.2) is 44.2 Å². The number of carbonyl (C=O) groups excluding carboxylic acids is 1. The predicted molar refractivity (Wildman–Crippen MR) is 138 cm³/mol. The quantitative estimate of drug-likeness (QED) is 0.313. The van der Waals surface area contributed by atoms with Crippen LogP contribution in [0.25, 0.3) is 33.5 Å². The zero-order valence-electron chi connectivity index (χ0n) is 19.8. The number of rotatable bonds is 8. The lowest BCUT2D eigenvalue weighted by Crippen LogP contribution is -2.25. The second-order valence-electron chi connectivity index (χ2n) is 8.32. The number of aryl methyl sites for hydroxylation is 1. The largest absolute Gasteiger partial charge is 0.508 e. The summed E-state index contributed by atoms with van der Waals surface area (Å²) in [6, 6.07) is 19.8. The summed E-state index contributed by atoms with van der Waals surface area (Å²) in [5.41, 5.74) is 4.58. The Labute approximate surface area is 208 Å². The molecule has 2 aromatic heterocycles. The van der Waals surface area contributed by atoms with Crippen LogP contribution in [0.4, 0.5) is 0 Å². The highest BCUT2D eigenvalue weighted by molar-refractivity contribution is 5.98. The number of imidazole rings is 1. The number of phenols is 1. The van der Waals surface area contributed by atoms with Crippen molar-refractivity contribution in [3.05, 3.63) is 91.0 Å². The van der Waals surface area contributed by atoms with Gasteiger partial charge in [0.25, 0.3) is 5.91 Å². The number of hydrogen-bond donors (Lipinski definition) is 2. The van der Waals surface area contributed by atoms with Crippen LogP contribution < -0.4 is 10.1 Å². The van der Waals surface area contributed by atoms with Crippen LogP contribution in [-0.2, 0) is 6.54 Å². The summed E-state index contributed by atoms with van der Waals surface area (Å²) in [7, 11) is 1.61. The molecule has 0 atom stereocenters. The van der Waals surface area contributed by atoms with E-state index in [1.54, 1.807) is 56.0 Å². The number of phenolic OH excluding ortho intramolecular Hbond substituents is 1. The Bertz CT molecular complexity index is 1520. The van der Waals surface area contributed by atoms with Crippen molar-refractivity contribution in [1.29, 1.82) is 0 Å². The van der Waals surface area contributed by atoms with Crippen molar-refractivity contribution >= 4 is 16.9 Å². The Hall–Kier alpha value is -4.72. The maximum absolute atomic E-state index is 12.8. The highest BCUT2D eigenvalue weighted by Gasteiger charge is 2.16. The van der Waals surface area contributed by atoms with Crippen molar-refractivity contribution in [3.63, 3.8) is 0 Å². The van der Waals surface area contributed by atoms with Gasteiger partial charge in [-0.1, -0.05) is 24.3 Å². The van der Waals surface area contributed by atoms with Crippen LogP contribution in [0.5, 0.6) is 11.5 Å². The van der Waals surface area contributed by atoms with Gasteiger partial charge in [-0.3, -0.25) is 4.79 Å². The molecule has 0 saturated heterocycles. The van der Waals surface area contributed by atoms with E-state index in [1.165, 1.54) is 0 Å². The van der Waals surface area contributed by atoms with Crippen molar-refractivity contribution in [2.24, 2.45) is 0 Å². The molecule has 0 saturated carbocycles. The molecule has 2 heterocycles.